The van der Waals surface area contributed by atoms with Gasteiger partial charge in [-0.05, 0) is 244 Å². The number of aryl methyl sites for hydroxylation is 2. The minimum absolute atomic E-state index is 0. The van der Waals surface area contributed by atoms with Gasteiger partial charge >= 0.3 is 33.3 Å². The molecular weight excluding hydrogens is 1530 g/mol. The van der Waals surface area contributed by atoms with Crippen LogP contribution in [0.4, 0.5) is 0 Å². The van der Waals surface area contributed by atoms with Crippen molar-refractivity contribution in [1.82, 2.24) is 24.9 Å². The molecule has 7 aromatic rings. The van der Waals surface area contributed by atoms with Gasteiger partial charge in [-0.15, -0.1) is 57.7 Å². The largest absolute Gasteiger partial charge is 1.00 e. The summed E-state index contributed by atoms with van der Waals surface area (Å²) in [6.45, 7) is 34.1. The molecule has 87 heavy (non-hydrogen) atoms. The molecule has 0 radical (unpaired) electrons. The van der Waals surface area contributed by atoms with Crippen molar-refractivity contribution in [3.63, 3.8) is 0 Å². The van der Waals surface area contributed by atoms with Crippen LogP contribution >= 0.6 is 138 Å². The van der Waals surface area contributed by atoms with Crippen molar-refractivity contribution < 1.29 is 47.6 Å². The molecule has 2 fully saturated rings. The molecule has 11 nitrogen and oxygen atoms in total. The Labute approximate surface area is 601 Å². The minimum atomic E-state index is -1.43. The van der Waals surface area contributed by atoms with Crippen LogP contribution in [0.15, 0.2) is 115 Å². The molecule has 25 heteroatoms. The topological polar surface area (TPSA) is 142 Å². The Hall–Kier alpha value is -0.936. The van der Waals surface area contributed by atoms with Gasteiger partial charge in [0, 0.05) is 75.3 Å². The summed E-state index contributed by atoms with van der Waals surface area (Å²) < 4.78 is 28.0. The molecule has 0 aromatic carbocycles. The van der Waals surface area contributed by atoms with E-state index in [1.807, 2.05) is 147 Å². The van der Waals surface area contributed by atoms with E-state index in [0.717, 1.165) is 59.0 Å². The van der Waals surface area contributed by atoms with Crippen LogP contribution in [0, 0.1) is 47.6 Å². The van der Waals surface area contributed by atoms with Crippen LogP contribution in [0.2, 0.25) is 19.6 Å². The summed E-state index contributed by atoms with van der Waals surface area (Å²) in [5.74, 6) is 8.70. The summed E-state index contributed by atoms with van der Waals surface area (Å²) >= 11 is 18.9. The molecule has 0 spiro atoms. The Balaban J connectivity index is -0.000000918. The molecule has 7 aromatic heterocycles. The number of aromatic nitrogens is 5. The van der Waals surface area contributed by atoms with Crippen LogP contribution in [0.25, 0.3) is 20.4 Å². The van der Waals surface area contributed by atoms with Crippen molar-refractivity contribution in [1.29, 1.82) is 0 Å². The molecule has 9 rings (SSSR count). The van der Waals surface area contributed by atoms with Gasteiger partial charge in [0.15, 0.2) is 0 Å². The average Bonchev–Trinajstić information content (AvgIpc) is 2.37. The van der Waals surface area contributed by atoms with Crippen LogP contribution in [0.1, 0.15) is 111 Å². The molecule has 474 valence electrons. The molecule has 2 aliphatic heterocycles. The second-order valence-corrected chi connectivity index (χ2v) is 34.7. The molecule has 0 bridgehead atoms. The number of thioether (sulfide) groups is 2. The van der Waals surface area contributed by atoms with Gasteiger partial charge in [0.05, 0.1) is 39.7 Å². The fourth-order valence-corrected chi connectivity index (χ4v) is 11.8. The van der Waals surface area contributed by atoms with E-state index in [1.54, 1.807) is 69.9 Å². The molecule has 0 amide bonds. The summed E-state index contributed by atoms with van der Waals surface area (Å²) in [5, 5.41) is 18.2. The van der Waals surface area contributed by atoms with Crippen LogP contribution in [-0.2, 0) is 18.7 Å². The number of halogens is 4. The third-order valence-corrected chi connectivity index (χ3v) is 21.2. The van der Waals surface area contributed by atoms with Crippen molar-refractivity contribution in [2.45, 2.75) is 156 Å². The van der Waals surface area contributed by atoms with Gasteiger partial charge in [-0.2, -0.15) is 6.42 Å². The first-order valence-corrected chi connectivity index (χ1v) is 41.1. The molecular formula is C62H90B2Br3ILiN5O6S6Si. The Morgan fingerprint density at radius 1 is 0.736 bits per heavy atom. The second-order valence-electron chi connectivity index (χ2n) is 19.7. The monoisotopic (exact) mass is 1610 g/mol. The Morgan fingerprint density at radius 2 is 1.18 bits per heavy atom. The van der Waals surface area contributed by atoms with E-state index >= 15 is 0 Å². The molecule has 0 saturated carbocycles. The van der Waals surface area contributed by atoms with Crippen molar-refractivity contribution in [2.75, 3.05) is 38.2 Å². The van der Waals surface area contributed by atoms with Gasteiger partial charge in [-0.3, -0.25) is 9.97 Å². The number of nitrogens with zero attached hydrogens (tertiary/aromatic N) is 5. The zero-order valence-electron chi connectivity index (χ0n) is 53.6. The molecule has 9 heterocycles. The van der Waals surface area contributed by atoms with E-state index in [1.165, 1.54) is 48.6 Å². The SMILES string of the molecule is Brc1cccnc1Br.C.C1CCOC1.CC#C[Si](C)(C)C.CC#Cc1ncccc1SC.CC(C)OB1OC(C)(C)C(C)(C)O1.CSSC.CSc1cccnc1Br.Cc1sc2cccnc2c1B(O)O.Cc1sc2cccnc2c1I.[CH2-]CCC.[Li+]. The Bertz CT molecular complexity index is 3020. The quantitative estimate of drug-likeness (QED) is 0.0297. The van der Waals surface area contributed by atoms with E-state index in [2.05, 4.69) is 178 Å². The van der Waals surface area contributed by atoms with Crippen molar-refractivity contribution in [3.8, 4) is 23.3 Å². The van der Waals surface area contributed by atoms with Gasteiger partial charge in [-0.25, -0.2) is 15.0 Å². The van der Waals surface area contributed by atoms with Crippen LogP contribution in [0.5, 0.6) is 0 Å². The smallest absolute Gasteiger partial charge is 0.423 e. The maximum Gasteiger partial charge on any atom is 1.00 e. The summed E-state index contributed by atoms with van der Waals surface area (Å²) in [6.07, 6.45) is 21.9. The van der Waals surface area contributed by atoms with Crippen LogP contribution < -0.4 is 24.3 Å². The molecule has 2 N–H and O–H groups in total. The van der Waals surface area contributed by atoms with Crippen LogP contribution in [0.3, 0.4) is 0 Å². The molecule has 2 saturated heterocycles. The average molecular weight is 1620 g/mol. The summed E-state index contributed by atoms with van der Waals surface area (Å²) in [5.41, 5.74) is 5.82. The maximum atomic E-state index is 9.11. The van der Waals surface area contributed by atoms with E-state index < -0.39 is 22.5 Å². The third-order valence-electron chi connectivity index (χ3n) is 10.8. The number of ether oxygens (including phenoxy) is 1. The van der Waals surface area contributed by atoms with Crippen molar-refractivity contribution >= 4 is 187 Å². The van der Waals surface area contributed by atoms with E-state index in [-0.39, 0.29) is 43.6 Å². The number of hydrogen-bond acceptors (Lipinski definition) is 17. The van der Waals surface area contributed by atoms with Gasteiger partial charge in [0.25, 0.3) is 0 Å². The predicted molar refractivity (Wildman–Crippen MR) is 406 cm³/mol. The van der Waals surface area contributed by atoms with E-state index in [4.69, 9.17) is 28.7 Å². The minimum Gasteiger partial charge on any atom is -0.423 e. The summed E-state index contributed by atoms with van der Waals surface area (Å²) in [4.78, 5) is 25.1. The predicted octanol–water partition coefficient (Wildman–Crippen LogP) is 16.4. The zero-order chi connectivity index (χ0) is 64.6. The summed E-state index contributed by atoms with van der Waals surface area (Å²) in [7, 11) is 0.578. The van der Waals surface area contributed by atoms with Gasteiger partial charge < -0.3 is 35.7 Å². The fourth-order valence-electron chi connectivity index (χ4n) is 5.99. The van der Waals surface area contributed by atoms with Crippen molar-refractivity contribution in [2.24, 2.45) is 0 Å². The Kier molecular flexibility index (Phi) is 53.4. The molecule has 2 aliphatic rings. The first kappa shape index (κ1) is 90.3. The van der Waals surface area contributed by atoms with E-state index in [9.17, 15) is 0 Å². The molecule has 0 aliphatic carbocycles. The van der Waals surface area contributed by atoms with Crippen molar-refractivity contribution in [3.05, 3.63) is 131 Å². The first-order valence-electron chi connectivity index (χ1n) is 27.1. The Morgan fingerprint density at radius 3 is 1.54 bits per heavy atom. The van der Waals surface area contributed by atoms with E-state index in [0.29, 0.717) is 11.0 Å². The summed E-state index contributed by atoms with van der Waals surface area (Å²) in [6, 6.07) is 19.6. The number of hydrogen-bond donors (Lipinski definition) is 2. The molecule has 0 unspecified atom stereocenters. The number of unbranched alkanes of at least 4 members (excludes halogenated alkanes) is 1. The van der Waals surface area contributed by atoms with Crippen LogP contribution in [-0.4, -0.2) is 113 Å². The normalized spacial score (nSPS) is 12.6. The van der Waals surface area contributed by atoms with Gasteiger partial charge in [-0.1, -0.05) is 67.9 Å². The second kappa shape index (κ2) is 51.5. The standard InChI is InChI=1S/C9H19BO3.C9H9NS.C8H8BNO2S.C8H6INS.C6H6BrNS.C6H12Si.C5H3Br2N.C4H8O.C4H9.C2H6S2.CH4.Li/c1-7(2)11-10-12-8(3,4)9(5,6)13-10;1-3-5-8-9(11-2)6-4-7-10-8;1-5-7(9(11)12)8-6(13-5)3-2-4-10-8;1-5-7(9)8-6(11-5)3-2-4-10-8;1-9-5-3-2-4-8-6(5)7;1-5-6-7(2,3)4;6-4-2-1-3-8-5(4)7;1-2-4-5-3-1;2*1-3-4-2;;/h7H,1-6H3;4,6-7H,1-2H3;2-4,11-12H,1H3;2-4H,1H3;2-4H,1H3;1-4H3;1-3H;1-4H2;1,3-4H2,2H3;1-2H3;1H4;/q;;;;;;;;-1;;;+1. The number of thiophene rings is 2. The first-order chi connectivity index (χ1) is 40.1. The molecule has 0 atom stereocenters. The number of fused-ring (bicyclic) bond motifs is 2. The third kappa shape index (κ3) is 38.8. The van der Waals surface area contributed by atoms with Gasteiger partial charge in [0.2, 0.25) is 0 Å². The fraction of sp³-hybridized carbons (Fsp3) is 0.452. The number of pyridine rings is 5. The number of rotatable bonds is 7. The maximum absolute atomic E-state index is 9.11. The van der Waals surface area contributed by atoms with Gasteiger partial charge in [0.1, 0.15) is 23.0 Å². The zero-order valence-corrected chi connectivity index (χ0v) is 66.4.